The second kappa shape index (κ2) is 3.91. The van der Waals surface area contributed by atoms with Gasteiger partial charge in [0.15, 0.2) is 0 Å². The van der Waals surface area contributed by atoms with Crippen LogP contribution in [0, 0.1) is 6.92 Å². The maximum atomic E-state index is 9.80. The van der Waals surface area contributed by atoms with Crippen LogP contribution >= 0.6 is 0 Å². The minimum Gasteiger partial charge on any atom is -0.507 e. The molecule has 0 heterocycles. The third kappa shape index (κ3) is 1.68. The molecule has 0 saturated heterocycles. The summed E-state index contributed by atoms with van der Waals surface area (Å²) < 4.78 is 5.18. The molecule has 2 nitrogen and oxygen atoms in total. The molecule has 2 rings (SSSR count). The fourth-order valence-corrected chi connectivity index (χ4v) is 1.89. The number of ether oxygens (including phenoxy) is 1. The number of phenols is 1. The van der Waals surface area contributed by atoms with Crippen molar-refractivity contribution in [1.29, 1.82) is 0 Å². The standard InChI is InChI=1S/C13H14O2/c1-9-7-13(14)11-6-4-3-5-10(11)12(9)8-15-2/h3-7,14H,8H2,1-2H3. The highest BCUT2D eigenvalue weighted by Gasteiger charge is 2.07. The van der Waals surface area contributed by atoms with Crippen molar-refractivity contribution in [3.8, 4) is 5.75 Å². The number of benzene rings is 2. The lowest BCUT2D eigenvalue weighted by molar-refractivity contribution is 0.185. The average molecular weight is 202 g/mol. The minimum absolute atomic E-state index is 0.336. The van der Waals surface area contributed by atoms with Crippen LogP contribution in [0.25, 0.3) is 10.8 Å². The molecule has 0 unspecified atom stereocenters. The van der Waals surface area contributed by atoms with Gasteiger partial charge in [-0.15, -0.1) is 0 Å². The summed E-state index contributed by atoms with van der Waals surface area (Å²) in [4.78, 5) is 0. The summed E-state index contributed by atoms with van der Waals surface area (Å²) in [5.41, 5.74) is 2.21. The second-order valence-electron chi connectivity index (χ2n) is 3.67. The van der Waals surface area contributed by atoms with Gasteiger partial charge >= 0.3 is 0 Å². The van der Waals surface area contributed by atoms with Gasteiger partial charge in [0, 0.05) is 12.5 Å². The van der Waals surface area contributed by atoms with Crippen LogP contribution in [0.3, 0.4) is 0 Å². The van der Waals surface area contributed by atoms with Gasteiger partial charge in [0.2, 0.25) is 0 Å². The zero-order valence-corrected chi connectivity index (χ0v) is 8.95. The van der Waals surface area contributed by atoms with Crippen molar-refractivity contribution in [3.05, 3.63) is 41.5 Å². The number of hydrogen-bond donors (Lipinski definition) is 1. The fourth-order valence-electron chi connectivity index (χ4n) is 1.89. The van der Waals surface area contributed by atoms with Crippen molar-refractivity contribution >= 4 is 10.8 Å². The van der Waals surface area contributed by atoms with Gasteiger partial charge in [-0.25, -0.2) is 0 Å². The highest BCUT2D eigenvalue weighted by Crippen LogP contribution is 2.30. The Labute approximate surface area is 89.1 Å². The molecule has 0 aromatic heterocycles. The van der Waals surface area contributed by atoms with Crippen LogP contribution in [-0.2, 0) is 11.3 Å². The second-order valence-corrected chi connectivity index (χ2v) is 3.67. The molecule has 0 spiro atoms. The van der Waals surface area contributed by atoms with Crippen molar-refractivity contribution < 1.29 is 9.84 Å². The van der Waals surface area contributed by atoms with E-state index in [1.165, 1.54) is 0 Å². The Morgan fingerprint density at radius 2 is 1.87 bits per heavy atom. The Balaban J connectivity index is 2.77. The topological polar surface area (TPSA) is 29.5 Å². The zero-order chi connectivity index (χ0) is 10.8. The number of phenolic OH excluding ortho intramolecular Hbond substituents is 1. The van der Waals surface area contributed by atoms with Crippen LogP contribution in [0.15, 0.2) is 30.3 Å². The van der Waals surface area contributed by atoms with Crippen molar-refractivity contribution in [3.63, 3.8) is 0 Å². The molecule has 0 saturated carbocycles. The maximum absolute atomic E-state index is 9.80. The van der Waals surface area contributed by atoms with Crippen LogP contribution in [-0.4, -0.2) is 12.2 Å². The Hall–Kier alpha value is -1.54. The Kier molecular flexibility index (Phi) is 2.60. The predicted molar refractivity (Wildman–Crippen MR) is 61.1 cm³/mol. The first-order chi connectivity index (χ1) is 7.24. The lowest BCUT2D eigenvalue weighted by Crippen LogP contribution is -1.93. The van der Waals surface area contributed by atoms with Gasteiger partial charge in [-0.05, 0) is 29.5 Å². The molecule has 1 N–H and O–H groups in total. The molecule has 0 aliphatic carbocycles. The van der Waals surface area contributed by atoms with E-state index < -0.39 is 0 Å². The van der Waals surface area contributed by atoms with Gasteiger partial charge in [0.05, 0.1) is 6.61 Å². The van der Waals surface area contributed by atoms with E-state index in [1.54, 1.807) is 13.2 Å². The SMILES string of the molecule is COCc1c(C)cc(O)c2ccccc12. The summed E-state index contributed by atoms with van der Waals surface area (Å²) in [6.45, 7) is 2.56. The van der Waals surface area contributed by atoms with Gasteiger partial charge in [0.25, 0.3) is 0 Å². The van der Waals surface area contributed by atoms with E-state index in [-0.39, 0.29) is 0 Å². The molecule has 0 amide bonds. The molecule has 0 aliphatic rings. The third-order valence-electron chi connectivity index (χ3n) is 2.65. The largest absolute Gasteiger partial charge is 0.507 e. The van der Waals surface area contributed by atoms with Gasteiger partial charge < -0.3 is 9.84 Å². The van der Waals surface area contributed by atoms with Crippen LogP contribution in [0.5, 0.6) is 5.75 Å². The number of rotatable bonds is 2. The van der Waals surface area contributed by atoms with E-state index >= 15 is 0 Å². The number of aryl methyl sites for hydroxylation is 1. The molecule has 0 bridgehead atoms. The van der Waals surface area contributed by atoms with E-state index in [2.05, 4.69) is 0 Å². The highest BCUT2D eigenvalue weighted by atomic mass is 16.5. The lowest BCUT2D eigenvalue weighted by atomic mass is 9.99. The summed E-state index contributed by atoms with van der Waals surface area (Å²) in [6.07, 6.45) is 0. The van der Waals surface area contributed by atoms with E-state index in [1.807, 2.05) is 31.2 Å². The number of aromatic hydroxyl groups is 1. The number of hydrogen-bond acceptors (Lipinski definition) is 2. The number of fused-ring (bicyclic) bond motifs is 1. The van der Waals surface area contributed by atoms with Crippen LogP contribution in [0.4, 0.5) is 0 Å². The van der Waals surface area contributed by atoms with Crippen LogP contribution in [0.2, 0.25) is 0 Å². The van der Waals surface area contributed by atoms with Crippen molar-refractivity contribution in [1.82, 2.24) is 0 Å². The van der Waals surface area contributed by atoms with E-state index in [0.717, 1.165) is 21.9 Å². The van der Waals surface area contributed by atoms with E-state index in [0.29, 0.717) is 12.4 Å². The molecule has 2 aromatic rings. The summed E-state index contributed by atoms with van der Waals surface area (Å²) in [7, 11) is 1.68. The molecular weight excluding hydrogens is 188 g/mol. The molecule has 0 fully saturated rings. The van der Waals surface area contributed by atoms with Crippen molar-refractivity contribution in [2.24, 2.45) is 0 Å². The first-order valence-electron chi connectivity index (χ1n) is 4.93. The molecular formula is C13H14O2. The van der Waals surface area contributed by atoms with Crippen LogP contribution in [0.1, 0.15) is 11.1 Å². The molecule has 15 heavy (non-hydrogen) atoms. The molecule has 0 radical (unpaired) electrons. The molecule has 78 valence electrons. The molecule has 0 aliphatic heterocycles. The quantitative estimate of drug-likeness (QED) is 0.811. The van der Waals surface area contributed by atoms with Gasteiger partial charge in [0.1, 0.15) is 5.75 Å². The Morgan fingerprint density at radius 1 is 1.20 bits per heavy atom. The van der Waals surface area contributed by atoms with Crippen LogP contribution < -0.4 is 0 Å². The van der Waals surface area contributed by atoms with E-state index in [9.17, 15) is 5.11 Å². The maximum Gasteiger partial charge on any atom is 0.123 e. The summed E-state index contributed by atoms with van der Waals surface area (Å²) >= 11 is 0. The van der Waals surface area contributed by atoms with Crippen molar-refractivity contribution in [2.45, 2.75) is 13.5 Å². The fraction of sp³-hybridized carbons (Fsp3) is 0.231. The first kappa shape index (κ1) is 9.99. The van der Waals surface area contributed by atoms with Gasteiger partial charge in [-0.2, -0.15) is 0 Å². The summed E-state index contributed by atoms with van der Waals surface area (Å²) in [5, 5.41) is 11.8. The summed E-state index contributed by atoms with van der Waals surface area (Å²) in [6, 6.07) is 9.62. The highest BCUT2D eigenvalue weighted by molar-refractivity contribution is 5.91. The molecule has 0 atom stereocenters. The molecule has 2 heteroatoms. The van der Waals surface area contributed by atoms with E-state index in [4.69, 9.17) is 4.74 Å². The third-order valence-corrected chi connectivity index (χ3v) is 2.65. The predicted octanol–water partition coefficient (Wildman–Crippen LogP) is 3.00. The normalized spacial score (nSPS) is 10.8. The average Bonchev–Trinajstić information content (AvgIpc) is 2.24. The zero-order valence-electron chi connectivity index (χ0n) is 8.95. The molecule has 2 aromatic carbocycles. The van der Waals surface area contributed by atoms with Gasteiger partial charge in [-0.1, -0.05) is 24.3 Å². The first-order valence-corrected chi connectivity index (χ1v) is 4.93. The summed E-state index contributed by atoms with van der Waals surface area (Å²) in [5.74, 6) is 0.336. The minimum atomic E-state index is 0.336. The monoisotopic (exact) mass is 202 g/mol. The van der Waals surface area contributed by atoms with Gasteiger partial charge in [-0.3, -0.25) is 0 Å². The lowest BCUT2D eigenvalue weighted by Gasteiger charge is -2.10. The Morgan fingerprint density at radius 3 is 2.53 bits per heavy atom. The van der Waals surface area contributed by atoms with Crippen molar-refractivity contribution in [2.75, 3.05) is 7.11 Å². The smallest absolute Gasteiger partial charge is 0.123 e. The Bertz CT molecular complexity index is 489. The number of methoxy groups -OCH3 is 1.